The van der Waals surface area contributed by atoms with Crippen LogP contribution in [-0.2, 0) is 0 Å². The molecule has 120 valence electrons. The highest BCUT2D eigenvalue weighted by Crippen LogP contribution is 2.32. The predicted octanol–water partition coefficient (Wildman–Crippen LogP) is 3.92. The number of benzene rings is 2. The summed E-state index contributed by atoms with van der Waals surface area (Å²) in [5.74, 6) is 1.26. The molecule has 0 amide bonds. The highest BCUT2D eigenvalue weighted by molar-refractivity contribution is 9.10. The molecule has 0 unspecified atom stereocenters. The predicted molar refractivity (Wildman–Crippen MR) is 99.0 cm³/mol. The van der Waals surface area contributed by atoms with Gasteiger partial charge in [-0.25, -0.2) is 14.6 Å². The van der Waals surface area contributed by atoms with Gasteiger partial charge in [-0.1, -0.05) is 40.2 Å². The summed E-state index contributed by atoms with van der Waals surface area (Å²) >= 11 is 3.57. The molecule has 0 fully saturated rings. The zero-order valence-electron chi connectivity index (χ0n) is 12.9. The third-order valence-corrected chi connectivity index (χ3v) is 4.61. The van der Waals surface area contributed by atoms with Crippen LogP contribution in [0.15, 0.2) is 71.9 Å². The fourth-order valence-electron chi connectivity index (χ4n) is 3.06. The molecule has 0 saturated heterocycles. The number of halogens is 1. The van der Waals surface area contributed by atoms with Crippen molar-refractivity contribution in [3.63, 3.8) is 0 Å². The second-order valence-corrected chi connectivity index (χ2v) is 6.48. The Kier molecular flexibility index (Phi) is 3.14. The Morgan fingerprint density at radius 1 is 0.920 bits per heavy atom. The van der Waals surface area contributed by atoms with Crippen molar-refractivity contribution in [2.75, 3.05) is 0 Å². The lowest BCUT2D eigenvalue weighted by Crippen LogP contribution is -2.05. The molecule has 5 rings (SSSR count). The zero-order chi connectivity index (χ0) is 16.8. The van der Waals surface area contributed by atoms with Gasteiger partial charge in [0.2, 0.25) is 5.95 Å². The van der Waals surface area contributed by atoms with E-state index in [4.69, 9.17) is 0 Å². The molecule has 0 aliphatic carbocycles. The van der Waals surface area contributed by atoms with Crippen LogP contribution in [0.3, 0.4) is 0 Å². The maximum atomic E-state index is 4.68. The van der Waals surface area contributed by atoms with Gasteiger partial charge in [0.15, 0.2) is 5.82 Å². The van der Waals surface area contributed by atoms with Gasteiger partial charge in [0, 0.05) is 27.5 Å². The Morgan fingerprint density at radius 3 is 2.68 bits per heavy atom. The van der Waals surface area contributed by atoms with Crippen molar-refractivity contribution < 1.29 is 0 Å². The second-order valence-electron chi connectivity index (χ2n) is 5.57. The van der Waals surface area contributed by atoms with E-state index in [0.29, 0.717) is 11.8 Å². The molecular weight excluding hydrogens is 380 g/mol. The van der Waals surface area contributed by atoms with Gasteiger partial charge in [-0.3, -0.25) is 4.57 Å². The van der Waals surface area contributed by atoms with Crippen LogP contribution >= 0.6 is 15.9 Å². The summed E-state index contributed by atoms with van der Waals surface area (Å²) in [6.07, 6.45) is 4.84. The van der Waals surface area contributed by atoms with Crippen LogP contribution in [0.1, 0.15) is 0 Å². The minimum atomic E-state index is 0.595. The summed E-state index contributed by atoms with van der Waals surface area (Å²) in [4.78, 5) is 13.2. The third-order valence-electron chi connectivity index (χ3n) is 4.12. The fourth-order valence-corrected chi connectivity index (χ4v) is 3.41. The first kappa shape index (κ1) is 14.3. The van der Waals surface area contributed by atoms with Crippen LogP contribution in [0.25, 0.3) is 33.6 Å². The smallest absolute Gasteiger partial charge is 0.236 e. The average Bonchev–Trinajstić information content (AvgIpc) is 3.28. The quantitative estimate of drug-likeness (QED) is 0.458. The van der Waals surface area contributed by atoms with E-state index in [0.717, 1.165) is 20.9 Å². The number of nitrogens with zero attached hydrogens (tertiary/aromatic N) is 6. The third kappa shape index (κ3) is 2.24. The van der Waals surface area contributed by atoms with Crippen LogP contribution < -0.4 is 0 Å². The molecule has 0 aliphatic heterocycles. The molecule has 0 saturated carbocycles. The van der Waals surface area contributed by atoms with E-state index >= 15 is 0 Å². The molecule has 7 heteroatoms. The summed E-state index contributed by atoms with van der Waals surface area (Å²) in [5.41, 5.74) is 2.11. The summed E-state index contributed by atoms with van der Waals surface area (Å²) in [7, 11) is 0. The SMILES string of the molecule is Brc1ccc2c3ccccc3n(-c3nccc(-n4cncn4)n3)c2c1. The molecular formula is C18H11BrN6. The number of hydrogen-bond acceptors (Lipinski definition) is 4. The van der Waals surface area contributed by atoms with E-state index < -0.39 is 0 Å². The highest BCUT2D eigenvalue weighted by Gasteiger charge is 2.14. The summed E-state index contributed by atoms with van der Waals surface area (Å²) in [5, 5.41) is 6.47. The molecule has 0 spiro atoms. The Labute approximate surface area is 150 Å². The second kappa shape index (κ2) is 5.49. The standard InChI is InChI=1S/C18H11BrN6/c19-12-5-6-14-13-3-1-2-4-15(13)25(16(14)9-12)18-21-8-7-17(23-18)24-11-20-10-22-24/h1-11H. The minimum absolute atomic E-state index is 0.595. The zero-order valence-corrected chi connectivity index (χ0v) is 14.5. The molecule has 0 bridgehead atoms. The van der Waals surface area contributed by atoms with Crippen LogP contribution in [0.5, 0.6) is 0 Å². The lowest BCUT2D eigenvalue weighted by atomic mass is 10.2. The first-order valence-electron chi connectivity index (χ1n) is 7.68. The molecule has 3 heterocycles. The monoisotopic (exact) mass is 390 g/mol. The summed E-state index contributed by atoms with van der Waals surface area (Å²) in [6.45, 7) is 0. The van der Waals surface area contributed by atoms with Crippen molar-refractivity contribution in [3.8, 4) is 11.8 Å². The van der Waals surface area contributed by atoms with Crippen molar-refractivity contribution in [1.82, 2.24) is 29.3 Å². The Hall–Kier alpha value is -3.06. The number of rotatable bonds is 2. The molecule has 2 aromatic carbocycles. The van der Waals surface area contributed by atoms with Crippen LogP contribution in [0.2, 0.25) is 0 Å². The van der Waals surface area contributed by atoms with Crippen molar-refractivity contribution in [1.29, 1.82) is 0 Å². The van der Waals surface area contributed by atoms with Crippen LogP contribution in [0.4, 0.5) is 0 Å². The van der Waals surface area contributed by atoms with E-state index in [2.05, 4.69) is 64.8 Å². The van der Waals surface area contributed by atoms with Gasteiger partial charge in [0.1, 0.15) is 12.7 Å². The van der Waals surface area contributed by atoms with Crippen molar-refractivity contribution in [2.24, 2.45) is 0 Å². The van der Waals surface area contributed by atoms with Gasteiger partial charge < -0.3 is 0 Å². The van der Waals surface area contributed by atoms with Crippen molar-refractivity contribution >= 4 is 37.7 Å². The van der Waals surface area contributed by atoms with Crippen molar-refractivity contribution in [2.45, 2.75) is 0 Å². The van der Waals surface area contributed by atoms with E-state index in [-0.39, 0.29) is 0 Å². The summed E-state index contributed by atoms with van der Waals surface area (Å²) in [6, 6.07) is 16.3. The van der Waals surface area contributed by atoms with Gasteiger partial charge in [-0.2, -0.15) is 10.1 Å². The van der Waals surface area contributed by atoms with Gasteiger partial charge in [-0.05, 0) is 18.2 Å². The highest BCUT2D eigenvalue weighted by atomic mass is 79.9. The largest absolute Gasteiger partial charge is 0.278 e. The topological polar surface area (TPSA) is 61.4 Å². The number of fused-ring (bicyclic) bond motifs is 3. The van der Waals surface area contributed by atoms with Crippen LogP contribution in [-0.4, -0.2) is 29.3 Å². The normalized spacial score (nSPS) is 11.4. The number of aromatic nitrogens is 6. The Balaban J connectivity index is 1.85. The lowest BCUT2D eigenvalue weighted by molar-refractivity contribution is 0.824. The molecule has 0 atom stereocenters. The van der Waals surface area contributed by atoms with E-state index in [1.165, 1.54) is 11.7 Å². The van der Waals surface area contributed by atoms with Gasteiger partial charge in [0.25, 0.3) is 0 Å². The molecule has 25 heavy (non-hydrogen) atoms. The first-order chi connectivity index (χ1) is 12.3. The number of hydrogen-bond donors (Lipinski definition) is 0. The minimum Gasteiger partial charge on any atom is -0.278 e. The fraction of sp³-hybridized carbons (Fsp3) is 0. The molecule has 0 N–H and O–H groups in total. The summed E-state index contributed by atoms with van der Waals surface area (Å²) < 4.78 is 4.70. The molecule has 6 nitrogen and oxygen atoms in total. The molecule has 3 aromatic heterocycles. The van der Waals surface area contributed by atoms with E-state index in [1.54, 1.807) is 17.2 Å². The van der Waals surface area contributed by atoms with Gasteiger partial charge in [-0.15, -0.1) is 0 Å². The molecule has 5 aromatic rings. The van der Waals surface area contributed by atoms with E-state index in [9.17, 15) is 0 Å². The van der Waals surface area contributed by atoms with Gasteiger partial charge in [0.05, 0.1) is 11.0 Å². The van der Waals surface area contributed by atoms with Gasteiger partial charge >= 0.3 is 0 Å². The molecule has 0 radical (unpaired) electrons. The maximum Gasteiger partial charge on any atom is 0.236 e. The molecule has 0 aliphatic rings. The van der Waals surface area contributed by atoms with Crippen LogP contribution in [0, 0.1) is 0 Å². The lowest BCUT2D eigenvalue weighted by Gasteiger charge is -2.07. The van der Waals surface area contributed by atoms with E-state index in [1.807, 2.05) is 24.3 Å². The first-order valence-corrected chi connectivity index (χ1v) is 8.48. The Morgan fingerprint density at radius 2 is 1.80 bits per heavy atom. The maximum absolute atomic E-state index is 4.68. The Bertz CT molecular complexity index is 1210. The van der Waals surface area contributed by atoms with Crippen molar-refractivity contribution in [3.05, 3.63) is 71.9 Å². The number of para-hydroxylation sites is 1. The average molecular weight is 391 g/mol.